The van der Waals surface area contributed by atoms with Gasteiger partial charge in [-0.1, -0.05) is 23.7 Å². The Labute approximate surface area is 175 Å². The number of anilines is 1. The fraction of sp³-hybridized carbons (Fsp3) is 0.0526. The molecule has 0 atom stereocenters. The Bertz CT molecular complexity index is 1270. The molecule has 2 heterocycles. The first-order chi connectivity index (χ1) is 14.3. The summed E-state index contributed by atoms with van der Waals surface area (Å²) in [4.78, 5) is 7.24. The Hall–Kier alpha value is -3.24. The van der Waals surface area contributed by atoms with Gasteiger partial charge in [-0.05, 0) is 36.4 Å². The van der Waals surface area contributed by atoms with Gasteiger partial charge in [0.25, 0.3) is 10.0 Å². The van der Waals surface area contributed by atoms with E-state index in [-0.39, 0.29) is 40.4 Å². The second-order valence-corrected chi connectivity index (χ2v) is 8.14. The summed E-state index contributed by atoms with van der Waals surface area (Å²) in [5.74, 6) is -1.54. The van der Waals surface area contributed by atoms with E-state index in [4.69, 9.17) is 16.3 Å². The van der Waals surface area contributed by atoms with Gasteiger partial charge in [-0.15, -0.1) is 0 Å². The number of ether oxygens (including phenoxy) is 1. The molecular weight excluding hydrogens is 438 g/mol. The van der Waals surface area contributed by atoms with Gasteiger partial charge < -0.3 is 10.1 Å². The summed E-state index contributed by atoms with van der Waals surface area (Å²) in [5, 5.41) is 2.98. The lowest BCUT2D eigenvalue weighted by molar-refractivity contribution is 0.478. The highest BCUT2D eigenvalue weighted by molar-refractivity contribution is 7.90. The van der Waals surface area contributed by atoms with Crippen LogP contribution in [0.5, 0.6) is 11.5 Å². The van der Waals surface area contributed by atoms with Gasteiger partial charge in [-0.25, -0.2) is 26.9 Å². The fourth-order valence-corrected chi connectivity index (χ4v) is 4.13. The van der Waals surface area contributed by atoms with Gasteiger partial charge in [0.2, 0.25) is 5.96 Å². The number of halogens is 3. The second kappa shape index (κ2) is 7.88. The molecule has 2 N–H and O–H groups in total. The molecule has 3 aromatic rings. The molecule has 0 unspecified atom stereocenters. The van der Waals surface area contributed by atoms with Crippen molar-refractivity contribution in [2.75, 3.05) is 5.32 Å². The smallest absolute Gasteiger partial charge is 0.269 e. The number of nitrogens with one attached hydrogen (secondary N) is 2. The maximum Gasteiger partial charge on any atom is 0.269 e. The van der Waals surface area contributed by atoms with E-state index in [0.717, 1.165) is 6.07 Å². The van der Waals surface area contributed by atoms with Gasteiger partial charge in [-0.2, -0.15) is 0 Å². The Morgan fingerprint density at radius 1 is 1.03 bits per heavy atom. The molecule has 0 spiro atoms. The summed E-state index contributed by atoms with van der Waals surface area (Å²) >= 11 is 6.09. The van der Waals surface area contributed by atoms with Crippen LogP contribution in [0.25, 0.3) is 0 Å². The molecule has 154 valence electrons. The van der Waals surface area contributed by atoms with E-state index in [1.807, 2.05) is 0 Å². The minimum atomic E-state index is -4.31. The average molecular weight is 451 g/mol. The first-order valence-electron chi connectivity index (χ1n) is 8.54. The molecule has 0 bridgehead atoms. The highest BCUT2D eigenvalue weighted by Gasteiger charge is 2.33. The number of fused-ring (bicyclic) bond motifs is 1. The van der Waals surface area contributed by atoms with Gasteiger partial charge >= 0.3 is 0 Å². The lowest BCUT2D eigenvalue weighted by Gasteiger charge is -2.24. The molecule has 7 nitrogen and oxygen atoms in total. The van der Waals surface area contributed by atoms with Crippen LogP contribution in [0, 0.1) is 11.6 Å². The SMILES string of the molecule is O=S1(=O)NC(=NCc2ncccc2F)Nc2c(Oc3ccccc3Cl)ccc(F)c21. The van der Waals surface area contributed by atoms with Gasteiger partial charge in [0.15, 0.2) is 10.6 Å². The molecule has 30 heavy (non-hydrogen) atoms. The summed E-state index contributed by atoms with van der Waals surface area (Å²) in [5.41, 5.74) is -0.141. The summed E-state index contributed by atoms with van der Waals surface area (Å²) in [7, 11) is -4.31. The van der Waals surface area contributed by atoms with E-state index in [1.165, 1.54) is 24.4 Å². The van der Waals surface area contributed by atoms with Gasteiger partial charge in [0, 0.05) is 6.20 Å². The molecule has 0 fully saturated rings. The maximum absolute atomic E-state index is 14.4. The predicted molar refractivity (Wildman–Crippen MR) is 107 cm³/mol. The van der Waals surface area contributed by atoms with Crippen molar-refractivity contribution in [2.24, 2.45) is 4.99 Å². The Balaban J connectivity index is 1.73. The highest BCUT2D eigenvalue weighted by atomic mass is 35.5. The number of pyridine rings is 1. The second-order valence-electron chi connectivity index (χ2n) is 6.11. The number of benzene rings is 2. The largest absolute Gasteiger partial charge is 0.454 e. The molecular formula is C19H13ClF2N4O3S. The van der Waals surface area contributed by atoms with Crippen LogP contribution in [-0.2, 0) is 16.6 Å². The third kappa shape index (κ3) is 3.91. The molecule has 0 saturated carbocycles. The molecule has 2 aromatic carbocycles. The number of hydrogen-bond donors (Lipinski definition) is 2. The standard InChI is InChI=1S/C19H13ClF2N4O3S/c20-11-4-1-2-6-15(11)29-16-8-7-13(22)18-17(16)25-19(26-30(18,27)28)24-10-14-12(21)5-3-9-23-14/h1-9H,10H2,(H2,24,25,26). The molecule has 1 aliphatic heterocycles. The molecule has 1 aliphatic rings. The Morgan fingerprint density at radius 3 is 2.60 bits per heavy atom. The van der Waals surface area contributed by atoms with E-state index in [1.54, 1.807) is 24.3 Å². The third-order valence-corrected chi connectivity index (χ3v) is 5.80. The topological polar surface area (TPSA) is 92.7 Å². The van der Waals surface area contributed by atoms with E-state index in [2.05, 4.69) is 20.0 Å². The zero-order valence-electron chi connectivity index (χ0n) is 15.1. The Morgan fingerprint density at radius 2 is 1.83 bits per heavy atom. The number of guanidine groups is 1. The maximum atomic E-state index is 14.4. The van der Waals surface area contributed by atoms with Crippen LogP contribution in [0.4, 0.5) is 14.5 Å². The number of rotatable bonds is 4. The van der Waals surface area contributed by atoms with Gasteiger partial charge in [-0.3, -0.25) is 4.98 Å². The van der Waals surface area contributed by atoms with Crippen LogP contribution in [0.15, 0.2) is 64.6 Å². The number of hydrogen-bond acceptors (Lipinski definition) is 5. The molecule has 0 aliphatic carbocycles. The van der Waals surface area contributed by atoms with Crippen LogP contribution in [0.1, 0.15) is 5.69 Å². The number of para-hydroxylation sites is 1. The molecule has 0 amide bonds. The lowest BCUT2D eigenvalue weighted by atomic mass is 10.2. The number of aromatic nitrogens is 1. The molecule has 4 rings (SSSR count). The van der Waals surface area contributed by atoms with E-state index in [0.29, 0.717) is 0 Å². The van der Waals surface area contributed by atoms with E-state index in [9.17, 15) is 17.2 Å². The minimum absolute atomic E-state index is 0.0151. The van der Waals surface area contributed by atoms with Gasteiger partial charge in [0.05, 0.1) is 17.3 Å². The van der Waals surface area contributed by atoms with Crippen LogP contribution in [0.2, 0.25) is 5.02 Å². The number of aliphatic imine (C=N–C) groups is 1. The lowest BCUT2D eigenvalue weighted by Crippen LogP contribution is -2.41. The van der Waals surface area contributed by atoms with Crippen molar-refractivity contribution >= 4 is 33.3 Å². The summed E-state index contributed by atoms with van der Waals surface area (Å²) in [6, 6.07) is 11.4. The van der Waals surface area contributed by atoms with Crippen LogP contribution >= 0.6 is 11.6 Å². The van der Waals surface area contributed by atoms with Crippen molar-refractivity contribution in [3.05, 3.63) is 77.1 Å². The summed E-state index contributed by atoms with van der Waals surface area (Å²) in [6.07, 6.45) is 1.39. The van der Waals surface area contributed by atoms with Crippen LogP contribution in [-0.4, -0.2) is 19.4 Å². The van der Waals surface area contributed by atoms with Crippen LogP contribution < -0.4 is 14.8 Å². The van der Waals surface area contributed by atoms with E-state index >= 15 is 0 Å². The van der Waals surface area contributed by atoms with E-state index < -0.39 is 26.6 Å². The van der Waals surface area contributed by atoms with Crippen molar-refractivity contribution in [2.45, 2.75) is 11.4 Å². The van der Waals surface area contributed by atoms with Crippen molar-refractivity contribution in [3.8, 4) is 11.5 Å². The molecule has 0 saturated heterocycles. The molecule has 0 radical (unpaired) electrons. The predicted octanol–water partition coefficient (Wildman–Crippen LogP) is 4.07. The monoisotopic (exact) mass is 450 g/mol. The molecule has 1 aromatic heterocycles. The minimum Gasteiger partial charge on any atom is -0.454 e. The van der Waals surface area contributed by atoms with Crippen molar-refractivity contribution in [1.82, 2.24) is 9.71 Å². The summed E-state index contributed by atoms with van der Waals surface area (Å²) < 4.78 is 61.2. The summed E-state index contributed by atoms with van der Waals surface area (Å²) in [6.45, 7) is -0.247. The highest BCUT2D eigenvalue weighted by Crippen LogP contribution is 2.40. The number of sulfonamides is 1. The van der Waals surface area contributed by atoms with Crippen LogP contribution in [0.3, 0.4) is 0 Å². The fourth-order valence-electron chi connectivity index (χ4n) is 2.73. The quantitative estimate of drug-likeness (QED) is 0.625. The average Bonchev–Trinajstić information content (AvgIpc) is 2.70. The number of nitrogens with zero attached hydrogens (tertiary/aromatic N) is 2. The third-order valence-electron chi connectivity index (χ3n) is 4.09. The first-order valence-corrected chi connectivity index (χ1v) is 10.4. The normalized spacial score (nSPS) is 15.8. The van der Waals surface area contributed by atoms with Crippen molar-refractivity contribution in [1.29, 1.82) is 0 Å². The zero-order chi connectivity index (χ0) is 21.3. The Kier molecular flexibility index (Phi) is 5.27. The van der Waals surface area contributed by atoms with Crippen molar-refractivity contribution in [3.63, 3.8) is 0 Å². The zero-order valence-corrected chi connectivity index (χ0v) is 16.6. The van der Waals surface area contributed by atoms with Gasteiger partial charge in [0.1, 0.15) is 23.1 Å². The van der Waals surface area contributed by atoms with Crippen molar-refractivity contribution < 1.29 is 21.9 Å². The molecule has 11 heteroatoms. The first kappa shape index (κ1) is 20.0.